The molecule has 0 saturated carbocycles. The molecule has 7 heteroatoms. The number of hydrogen-bond acceptors (Lipinski definition) is 3. The number of fused-ring (bicyclic) bond motifs is 1. The van der Waals surface area contributed by atoms with Crippen molar-refractivity contribution in [3.8, 4) is 0 Å². The average Bonchev–Trinajstić information content (AvgIpc) is 2.62. The summed E-state index contributed by atoms with van der Waals surface area (Å²) in [6.07, 6.45) is 4.14. The summed E-state index contributed by atoms with van der Waals surface area (Å²) < 4.78 is 24.8. The number of rotatable bonds is 3. The van der Waals surface area contributed by atoms with E-state index in [1.807, 2.05) is 7.05 Å². The minimum Gasteiger partial charge on any atom is -0.356 e. The maximum Gasteiger partial charge on any atom is 0.211 e. The number of nitrogens with one attached hydrogen (secondary N) is 1. The van der Waals surface area contributed by atoms with Gasteiger partial charge in [0.15, 0.2) is 5.96 Å². The van der Waals surface area contributed by atoms with Gasteiger partial charge in [-0.3, -0.25) is 4.99 Å². The highest BCUT2D eigenvalue weighted by Crippen LogP contribution is 2.20. The molecule has 0 aliphatic carbocycles. The van der Waals surface area contributed by atoms with E-state index in [0.29, 0.717) is 19.0 Å². The normalized spacial score (nSPS) is 20.4. The highest BCUT2D eigenvalue weighted by Gasteiger charge is 2.25. The van der Waals surface area contributed by atoms with Gasteiger partial charge in [-0.1, -0.05) is 24.3 Å². The van der Waals surface area contributed by atoms with Gasteiger partial charge in [0.05, 0.1) is 6.26 Å². The molecule has 3 rings (SSSR count). The highest BCUT2D eigenvalue weighted by atomic mass is 32.2. The third kappa shape index (κ3) is 4.52. The Morgan fingerprint density at radius 2 is 1.88 bits per heavy atom. The van der Waals surface area contributed by atoms with Gasteiger partial charge in [-0.2, -0.15) is 0 Å². The molecule has 1 aromatic carbocycles. The first-order valence-electron chi connectivity index (χ1n) is 8.95. The number of benzene rings is 1. The smallest absolute Gasteiger partial charge is 0.211 e. The number of aliphatic imine (C=N–C) groups is 1. The quantitative estimate of drug-likeness (QED) is 0.648. The highest BCUT2D eigenvalue weighted by molar-refractivity contribution is 7.88. The van der Waals surface area contributed by atoms with Crippen molar-refractivity contribution in [3.05, 3.63) is 35.4 Å². The summed E-state index contributed by atoms with van der Waals surface area (Å²) in [5, 5.41) is 3.50. The topological polar surface area (TPSA) is 65.0 Å². The van der Waals surface area contributed by atoms with Gasteiger partial charge in [0.25, 0.3) is 0 Å². The van der Waals surface area contributed by atoms with E-state index in [-0.39, 0.29) is 0 Å². The van der Waals surface area contributed by atoms with Gasteiger partial charge in [0.1, 0.15) is 0 Å². The molecule has 1 fully saturated rings. The van der Waals surface area contributed by atoms with Crippen molar-refractivity contribution in [3.63, 3.8) is 0 Å². The third-order valence-electron chi connectivity index (χ3n) is 5.23. The van der Waals surface area contributed by atoms with Gasteiger partial charge in [-0.25, -0.2) is 12.7 Å². The van der Waals surface area contributed by atoms with E-state index >= 15 is 0 Å². The molecule has 1 saturated heterocycles. The van der Waals surface area contributed by atoms with Crippen LogP contribution in [0.4, 0.5) is 0 Å². The first-order chi connectivity index (χ1) is 12.0. The molecular weight excluding hydrogens is 336 g/mol. The summed E-state index contributed by atoms with van der Waals surface area (Å²) in [5.74, 6) is 1.44. The fraction of sp³-hybridized carbons (Fsp3) is 0.611. The van der Waals surface area contributed by atoms with Crippen LogP contribution in [0.2, 0.25) is 0 Å². The van der Waals surface area contributed by atoms with Crippen LogP contribution in [0, 0.1) is 5.92 Å². The zero-order valence-electron chi connectivity index (χ0n) is 15.1. The SMILES string of the molecule is CN=C(NCC1CCN(S(C)(=O)=O)CC1)N1CCc2ccccc2C1. The Labute approximate surface area is 151 Å². The Hall–Kier alpha value is -1.60. The molecule has 0 unspecified atom stereocenters. The molecule has 1 N–H and O–H groups in total. The molecule has 0 aromatic heterocycles. The van der Waals surface area contributed by atoms with Gasteiger partial charge in [0.2, 0.25) is 10.0 Å². The lowest BCUT2D eigenvalue weighted by atomic mass is 9.98. The lowest BCUT2D eigenvalue weighted by molar-refractivity contribution is 0.271. The average molecular weight is 365 g/mol. The third-order valence-corrected chi connectivity index (χ3v) is 6.54. The van der Waals surface area contributed by atoms with Crippen LogP contribution in [-0.2, 0) is 23.0 Å². The minimum atomic E-state index is -3.05. The zero-order valence-corrected chi connectivity index (χ0v) is 15.9. The molecule has 6 nitrogen and oxygen atoms in total. The first-order valence-corrected chi connectivity index (χ1v) is 10.8. The molecule has 1 aromatic rings. The van der Waals surface area contributed by atoms with Crippen molar-refractivity contribution in [1.29, 1.82) is 0 Å². The van der Waals surface area contributed by atoms with E-state index in [1.165, 1.54) is 17.4 Å². The van der Waals surface area contributed by atoms with Crippen molar-refractivity contribution >= 4 is 16.0 Å². The summed E-state index contributed by atoms with van der Waals surface area (Å²) in [7, 11) is -1.22. The second-order valence-electron chi connectivity index (χ2n) is 6.97. The molecule has 2 heterocycles. The van der Waals surface area contributed by atoms with E-state index < -0.39 is 10.0 Å². The number of hydrogen-bond donors (Lipinski definition) is 1. The number of sulfonamides is 1. The van der Waals surface area contributed by atoms with E-state index in [9.17, 15) is 8.42 Å². The molecule has 25 heavy (non-hydrogen) atoms. The molecule has 0 radical (unpaired) electrons. The lowest BCUT2D eigenvalue weighted by Gasteiger charge is -2.34. The summed E-state index contributed by atoms with van der Waals surface area (Å²) in [5.41, 5.74) is 2.81. The van der Waals surface area contributed by atoms with Crippen LogP contribution in [0.25, 0.3) is 0 Å². The fourth-order valence-corrected chi connectivity index (χ4v) is 4.56. The minimum absolute atomic E-state index is 0.492. The molecule has 0 amide bonds. The van der Waals surface area contributed by atoms with Crippen LogP contribution < -0.4 is 5.32 Å². The number of nitrogens with zero attached hydrogens (tertiary/aromatic N) is 3. The van der Waals surface area contributed by atoms with Crippen molar-refractivity contribution in [2.24, 2.45) is 10.9 Å². The summed E-state index contributed by atoms with van der Waals surface area (Å²) in [4.78, 5) is 6.75. The Bertz CT molecular complexity index is 724. The van der Waals surface area contributed by atoms with Gasteiger partial charge in [0, 0.05) is 39.8 Å². The van der Waals surface area contributed by atoms with Crippen molar-refractivity contribution in [1.82, 2.24) is 14.5 Å². The van der Waals surface area contributed by atoms with Crippen molar-refractivity contribution < 1.29 is 8.42 Å². The Morgan fingerprint density at radius 1 is 1.20 bits per heavy atom. The summed E-state index contributed by atoms with van der Waals surface area (Å²) in [6.45, 7) is 3.97. The second kappa shape index (κ2) is 7.74. The maximum atomic E-state index is 11.6. The molecule has 2 aliphatic rings. The fourth-order valence-electron chi connectivity index (χ4n) is 3.69. The van der Waals surface area contributed by atoms with Crippen molar-refractivity contribution in [2.45, 2.75) is 25.8 Å². The molecular formula is C18H28N4O2S. The lowest BCUT2D eigenvalue weighted by Crippen LogP contribution is -2.47. The zero-order chi connectivity index (χ0) is 17.9. The van der Waals surface area contributed by atoms with Crippen LogP contribution in [0.1, 0.15) is 24.0 Å². The van der Waals surface area contributed by atoms with Gasteiger partial charge < -0.3 is 10.2 Å². The van der Waals surface area contributed by atoms with Gasteiger partial charge >= 0.3 is 0 Å². The molecule has 138 valence electrons. The van der Waals surface area contributed by atoms with Crippen LogP contribution >= 0.6 is 0 Å². The number of guanidine groups is 1. The molecule has 0 atom stereocenters. The van der Waals surface area contributed by atoms with E-state index in [4.69, 9.17) is 0 Å². The second-order valence-corrected chi connectivity index (χ2v) is 8.96. The van der Waals surface area contributed by atoms with Crippen molar-refractivity contribution in [2.75, 3.05) is 39.5 Å². The largest absolute Gasteiger partial charge is 0.356 e. The maximum absolute atomic E-state index is 11.6. The van der Waals surface area contributed by atoms with E-state index in [0.717, 1.165) is 44.9 Å². The first kappa shape index (κ1) is 18.2. The Morgan fingerprint density at radius 3 is 2.52 bits per heavy atom. The predicted molar refractivity (Wildman–Crippen MR) is 101 cm³/mol. The van der Waals surface area contributed by atoms with E-state index in [2.05, 4.69) is 39.5 Å². The molecule has 0 bridgehead atoms. The number of piperidine rings is 1. The van der Waals surface area contributed by atoms with Crippen LogP contribution in [0.5, 0.6) is 0 Å². The van der Waals surface area contributed by atoms with Gasteiger partial charge in [-0.15, -0.1) is 0 Å². The Kier molecular flexibility index (Phi) is 5.64. The van der Waals surface area contributed by atoms with Crippen LogP contribution in [-0.4, -0.2) is 63.1 Å². The molecule has 2 aliphatic heterocycles. The monoisotopic (exact) mass is 364 g/mol. The van der Waals surface area contributed by atoms with Gasteiger partial charge in [-0.05, 0) is 36.3 Å². The van der Waals surface area contributed by atoms with Crippen LogP contribution in [0.15, 0.2) is 29.3 Å². The summed E-state index contributed by atoms with van der Waals surface area (Å²) >= 11 is 0. The molecule has 0 spiro atoms. The van der Waals surface area contributed by atoms with Crippen LogP contribution in [0.3, 0.4) is 0 Å². The predicted octanol–water partition coefficient (Wildman–Crippen LogP) is 1.29. The Balaban J connectivity index is 1.51. The summed E-state index contributed by atoms with van der Waals surface area (Å²) in [6, 6.07) is 8.59. The standard InChI is InChI=1S/C18H28N4O2S/c1-19-18(21-10-9-16-5-3-4-6-17(16)14-21)20-13-15-7-11-22(12-8-15)25(2,23)24/h3-6,15H,7-14H2,1-2H3,(H,19,20). The van der Waals surface area contributed by atoms with E-state index in [1.54, 1.807) is 4.31 Å².